The van der Waals surface area contributed by atoms with Crippen LogP contribution in [0.15, 0.2) is 59.1 Å². The minimum Gasteiger partial charge on any atom is -0.493 e. The molecule has 0 saturated heterocycles. The van der Waals surface area contributed by atoms with Crippen LogP contribution in [0.1, 0.15) is 5.69 Å². The maximum atomic E-state index is 11.1. The second-order valence-corrected chi connectivity index (χ2v) is 6.49. The van der Waals surface area contributed by atoms with Gasteiger partial charge < -0.3 is 15.4 Å². The van der Waals surface area contributed by atoms with Gasteiger partial charge in [0.2, 0.25) is 5.88 Å². The summed E-state index contributed by atoms with van der Waals surface area (Å²) < 4.78 is 1.65. The van der Waals surface area contributed by atoms with Crippen LogP contribution in [0.5, 0.6) is 5.88 Å². The lowest BCUT2D eigenvalue weighted by Crippen LogP contribution is -1.99. The van der Waals surface area contributed by atoms with Gasteiger partial charge in [-0.15, -0.1) is 16.2 Å². The number of aromatic hydroxyl groups is 1. The second-order valence-electron chi connectivity index (χ2n) is 5.63. The Morgan fingerprint density at radius 2 is 1.92 bits per heavy atom. The lowest BCUT2D eigenvalue weighted by molar-refractivity contribution is 0.429. The van der Waals surface area contributed by atoms with Crippen LogP contribution in [0.3, 0.4) is 0 Å². The molecule has 0 fully saturated rings. The summed E-state index contributed by atoms with van der Waals surface area (Å²) in [6.07, 6.45) is 0. The molecule has 6 nitrogen and oxygen atoms in total. The monoisotopic (exact) mass is 350 g/mol. The molecular weight excluding hydrogens is 336 g/mol. The van der Waals surface area contributed by atoms with E-state index in [2.05, 4.69) is 10.2 Å². The van der Waals surface area contributed by atoms with E-state index < -0.39 is 0 Å². The zero-order valence-corrected chi connectivity index (χ0v) is 13.9. The van der Waals surface area contributed by atoms with Crippen molar-refractivity contribution in [2.75, 3.05) is 5.73 Å². The highest BCUT2D eigenvalue weighted by Gasteiger charge is 2.18. The van der Waals surface area contributed by atoms with Crippen molar-refractivity contribution >= 4 is 33.6 Å². The Labute approximate surface area is 147 Å². The SMILES string of the molecule is Nc1ccc(-c2nc(Cn3c(O)c(N=O)c4ccccc43)cs2)cc1. The molecule has 0 aliphatic heterocycles. The fourth-order valence-corrected chi connectivity index (χ4v) is 3.64. The van der Waals surface area contributed by atoms with Crippen molar-refractivity contribution in [2.45, 2.75) is 6.54 Å². The predicted octanol–water partition coefficient (Wildman–Crippen LogP) is 4.50. The van der Waals surface area contributed by atoms with Gasteiger partial charge in [-0.05, 0) is 35.5 Å². The number of nitrogens with two attached hydrogens (primary N) is 1. The van der Waals surface area contributed by atoms with E-state index in [-0.39, 0.29) is 11.6 Å². The van der Waals surface area contributed by atoms with Crippen LogP contribution in [0, 0.1) is 4.91 Å². The molecule has 4 aromatic rings. The third-order valence-corrected chi connectivity index (χ3v) is 4.98. The van der Waals surface area contributed by atoms with E-state index in [0.717, 1.165) is 21.8 Å². The number of nitrogens with zero attached hydrogens (tertiary/aromatic N) is 3. The average Bonchev–Trinajstić information content (AvgIpc) is 3.19. The van der Waals surface area contributed by atoms with Crippen molar-refractivity contribution in [1.82, 2.24) is 9.55 Å². The third-order valence-electron chi connectivity index (χ3n) is 4.04. The second kappa shape index (κ2) is 6.03. The molecule has 2 aromatic heterocycles. The molecule has 0 bridgehead atoms. The van der Waals surface area contributed by atoms with Crippen LogP contribution in [0.4, 0.5) is 11.4 Å². The summed E-state index contributed by atoms with van der Waals surface area (Å²) in [7, 11) is 0. The van der Waals surface area contributed by atoms with Crippen LogP contribution in [-0.4, -0.2) is 14.7 Å². The first-order chi connectivity index (χ1) is 12.2. The fraction of sp³-hybridized carbons (Fsp3) is 0.0556. The van der Waals surface area contributed by atoms with E-state index in [1.165, 1.54) is 11.3 Å². The van der Waals surface area contributed by atoms with Crippen molar-refractivity contribution < 1.29 is 5.11 Å². The van der Waals surface area contributed by atoms with Gasteiger partial charge >= 0.3 is 0 Å². The zero-order valence-electron chi connectivity index (χ0n) is 13.1. The first-order valence-electron chi connectivity index (χ1n) is 7.61. The quantitative estimate of drug-likeness (QED) is 0.418. The highest BCUT2D eigenvalue weighted by molar-refractivity contribution is 7.13. The van der Waals surface area contributed by atoms with Crippen molar-refractivity contribution in [3.63, 3.8) is 0 Å². The predicted molar refractivity (Wildman–Crippen MR) is 100 cm³/mol. The number of benzene rings is 2. The molecule has 4 rings (SSSR count). The van der Waals surface area contributed by atoms with E-state index >= 15 is 0 Å². The summed E-state index contributed by atoms with van der Waals surface area (Å²) in [4.78, 5) is 15.7. The number of para-hydroxylation sites is 1. The van der Waals surface area contributed by atoms with Crippen LogP contribution in [-0.2, 0) is 6.54 Å². The highest BCUT2D eigenvalue weighted by atomic mass is 32.1. The topological polar surface area (TPSA) is 93.5 Å². The number of rotatable bonds is 4. The minimum atomic E-state index is -0.141. The molecule has 7 heteroatoms. The van der Waals surface area contributed by atoms with E-state index in [1.807, 2.05) is 47.8 Å². The first-order valence-corrected chi connectivity index (χ1v) is 8.49. The lowest BCUT2D eigenvalue weighted by atomic mass is 10.2. The molecule has 25 heavy (non-hydrogen) atoms. The summed E-state index contributed by atoms with van der Waals surface area (Å²) in [5, 5.41) is 16.8. The van der Waals surface area contributed by atoms with Crippen molar-refractivity contribution in [3.05, 3.63) is 64.5 Å². The van der Waals surface area contributed by atoms with Gasteiger partial charge in [0.25, 0.3) is 0 Å². The average molecular weight is 350 g/mol. The van der Waals surface area contributed by atoms with Crippen molar-refractivity contribution in [1.29, 1.82) is 0 Å². The lowest BCUT2D eigenvalue weighted by Gasteiger charge is -2.04. The smallest absolute Gasteiger partial charge is 0.222 e. The van der Waals surface area contributed by atoms with E-state index in [4.69, 9.17) is 5.73 Å². The van der Waals surface area contributed by atoms with Crippen molar-refractivity contribution in [2.24, 2.45) is 5.18 Å². The molecule has 0 spiro atoms. The van der Waals surface area contributed by atoms with E-state index in [9.17, 15) is 10.0 Å². The minimum absolute atomic E-state index is 0.0598. The summed E-state index contributed by atoms with van der Waals surface area (Å²) in [6, 6.07) is 14.8. The molecule has 124 valence electrons. The molecule has 2 aromatic carbocycles. The summed E-state index contributed by atoms with van der Waals surface area (Å²) in [5.41, 5.74) is 9.01. The van der Waals surface area contributed by atoms with Gasteiger partial charge in [-0.3, -0.25) is 0 Å². The van der Waals surface area contributed by atoms with Gasteiger partial charge in [0.1, 0.15) is 5.01 Å². The van der Waals surface area contributed by atoms with E-state index in [0.29, 0.717) is 17.6 Å². The molecule has 0 aliphatic rings. The molecule has 2 heterocycles. The molecule has 0 aliphatic carbocycles. The molecule has 3 N–H and O–H groups in total. The Morgan fingerprint density at radius 3 is 2.68 bits per heavy atom. The largest absolute Gasteiger partial charge is 0.493 e. The van der Waals surface area contributed by atoms with Crippen LogP contribution in [0.25, 0.3) is 21.5 Å². The number of anilines is 1. The molecule has 0 unspecified atom stereocenters. The van der Waals surface area contributed by atoms with Crippen LogP contribution >= 0.6 is 11.3 Å². The number of aromatic nitrogens is 2. The van der Waals surface area contributed by atoms with Gasteiger partial charge in [-0.25, -0.2) is 4.98 Å². The Kier molecular flexibility index (Phi) is 3.70. The fourth-order valence-electron chi connectivity index (χ4n) is 2.82. The van der Waals surface area contributed by atoms with Gasteiger partial charge in [-0.2, -0.15) is 0 Å². The van der Waals surface area contributed by atoms with Crippen LogP contribution in [0.2, 0.25) is 0 Å². The van der Waals surface area contributed by atoms with Gasteiger partial charge in [0.05, 0.1) is 17.8 Å². The molecular formula is C18H14N4O2S. The summed E-state index contributed by atoms with van der Waals surface area (Å²) in [6.45, 7) is 0.355. The molecule has 0 atom stereocenters. The number of thiazole rings is 1. The number of hydrogen-bond donors (Lipinski definition) is 2. The number of nitrogen functional groups attached to an aromatic ring is 1. The van der Waals surface area contributed by atoms with Gasteiger partial charge in [-0.1, -0.05) is 18.2 Å². The van der Waals surface area contributed by atoms with Gasteiger partial charge in [0, 0.05) is 22.0 Å². The molecule has 0 radical (unpaired) electrons. The number of nitroso groups, excluding NO2 is 1. The number of fused-ring (bicyclic) bond motifs is 1. The van der Waals surface area contributed by atoms with Crippen molar-refractivity contribution in [3.8, 4) is 16.5 Å². The first kappa shape index (κ1) is 15.3. The Balaban J connectivity index is 1.72. The Hall–Kier alpha value is -3.19. The molecule has 0 amide bonds. The standard InChI is InChI=1S/C18H14N4O2S/c19-12-7-5-11(6-8-12)17-20-13(10-25-17)9-22-15-4-2-1-3-14(15)16(21-24)18(22)23/h1-8,10,23H,9,19H2. The normalized spacial score (nSPS) is 11.0. The highest BCUT2D eigenvalue weighted by Crippen LogP contribution is 2.39. The van der Waals surface area contributed by atoms with E-state index in [1.54, 1.807) is 10.6 Å². The zero-order chi connectivity index (χ0) is 17.4. The summed E-state index contributed by atoms with van der Waals surface area (Å²) >= 11 is 1.52. The number of hydrogen-bond acceptors (Lipinski definition) is 6. The van der Waals surface area contributed by atoms with Gasteiger partial charge in [0.15, 0.2) is 5.69 Å². The summed E-state index contributed by atoms with van der Waals surface area (Å²) in [5.74, 6) is -0.141. The van der Waals surface area contributed by atoms with Crippen LogP contribution < -0.4 is 5.73 Å². The Bertz CT molecular complexity index is 1070. The maximum absolute atomic E-state index is 11.1. The maximum Gasteiger partial charge on any atom is 0.222 e. The third kappa shape index (κ3) is 2.64. The molecule has 0 saturated carbocycles. The Morgan fingerprint density at radius 1 is 1.16 bits per heavy atom.